The number of aryl methyl sites for hydroxylation is 1. The van der Waals surface area contributed by atoms with Gasteiger partial charge in [-0.15, -0.1) is 0 Å². The average molecular weight is 234 g/mol. The van der Waals surface area contributed by atoms with Crippen LogP contribution in [0, 0.1) is 6.92 Å². The Morgan fingerprint density at radius 3 is 2.62 bits per heavy atom. The van der Waals surface area contributed by atoms with E-state index in [1.165, 1.54) is 6.07 Å². The molecule has 0 bridgehead atoms. The second-order valence-corrected chi connectivity index (χ2v) is 3.37. The Morgan fingerprint density at radius 2 is 2.06 bits per heavy atom. The van der Waals surface area contributed by atoms with Gasteiger partial charge in [-0.25, -0.2) is 9.97 Å². The third kappa shape index (κ3) is 4.81. The number of halogens is 3. The Labute approximate surface area is 91.1 Å². The van der Waals surface area contributed by atoms with Crippen molar-refractivity contribution in [2.75, 3.05) is 17.6 Å². The van der Waals surface area contributed by atoms with Gasteiger partial charge in [0.25, 0.3) is 0 Å². The van der Waals surface area contributed by atoms with Crippen LogP contribution in [0.1, 0.15) is 18.7 Å². The predicted octanol–water partition coefficient (Wildman–Crippen LogP) is 2.12. The smallest absolute Gasteiger partial charge is 0.384 e. The highest BCUT2D eigenvalue weighted by atomic mass is 19.4. The lowest BCUT2D eigenvalue weighted by atomic mass is 10.3. The maximum Gasteiger partial charge on any atom is 0.389 e. The van der Waals surface area contributed by atoms with Gasteiger partial charge in [0.15, 0.2) is 0 Å². The summed E-state index contributed by atoms with van der Waals surface area (Å²) in [6.45, 7) is 1.87. The summed E-state index contributed by atoms with van der Waals surface area (Å²) in [6.07, 6.45) is -4.91. The normalized spacial score (nSPS) is 11.5. The van der Waals surface area contributed by atoms with Crippen LogP contribution in [0.2, 0.25) is 0 Å². The molecular weight excluding hydrogens is 221 g/mol. The molecule has 0 radical (unpaired) electrons. The molecule has 0 spiro atoms. The number of nitrogen functional groups attached to an aromatic ring is 1. The van der Waals surface area contributed by atoms with Gasteiger partial charge in [-0.2, -0.15) is 13.2 Å². The Hall–Kier alpha value is -1.53. The van der Waals surface area contributed by atoms with E-state index >= 15 is 0 Å². The summed E-state index contributed by atoms with van der Waals surface area (Å²) in [4.78, 5) is 7.83. The Kier molecular flexibility index (Phi) is 3.92. The van der Waals surface area contributed by atoms with Crippen molar-refractivity contribution in [2.24, 2.45) is 0 Å². The molecule has 1 rings (SSSR count). The Balaban J connectivity index is 2.37. The van der Waals surface area contributed by atoms with E-state index in [1.807, 2.05) is 0 Å². The molecule has 0 unspecified atom stereocenters. The first-order chi connectivity index (χ1) is 7.37. The molecule has 1 aromatic rings. The van der Waals surface area contributed by atoms with E-state index in [-0.39, 0.29) is 13.0 Å². The standard InChI is InChI=1S/C9H13F3N4/c1-6-15-7(13)5-8(16-6)14-4-2-3-9(10,11)12/h5H,2-4H2,1H3,(H3,13,14,15,16). The van der Waals surface area contributed by atoms with E-state index in [1.54, 1.807) is 6.92 Å². The summed E-state index contributed by atoms with van der Waals surface area (Å²) >= 11 is 0. The van der Waals surface area contributed by atoms with Crippen molar-refractivity contribution in [3.8, 4) is 0 Å². The Morgan fingerprint density at radius 1 is 1.38 bits per heavy atom. The van der Waals surface area contributed by atoms with Crippen LogP contribution in [-0.4, -0.2) is 22.7 Å². The van der Waals surface area contributed by atoms with Gasteiger partial charge in [0.05, 0.1) is 0 Å². The van der Waals surface area contributed by atoms with Crippen molar-refractivity contribution in [1.29, 1.82) is 0 Å². The number of nitrogens with one attached hydrogen (secondary N) is 1. The van der Waals surface area contributed by atoms with Crippen molar-refractivity contribution >= 4 is 11.6 Å². The van der Waals surface area contributed by atoms with Crippen molar-refractivity contribution in [3.63, 3.8) is 0 Å². The number of hydrogen-bond donors (Lipinski definition) is 2. The number of anilines is 2. The fraction of sp³-hybridized carbons (Fsp3) is 0.556. The highest BCUT2D eigenvalue weighted by molar-refractivity contribution is 5.44. The quantitative estimate of drug-likeness (QED) is 0.783. The maximum absolute atomic E-state index is 11.8. The number of alkyl halides is 3. The lowest BCUT2D eigenvalue weighted by molar-refractivity contribution is -0.134. The van der Waals surface area contributed by atoms with E-state index in [9.17, 15) is 13.2 Å². The predicted molar refractivity (Wildman–Crippen MR) is 55.0 cm³/mol. The fourth-order valence-corrected chi connectivity index (χ4v) is 1.19. The summed E-state index contributed by atoms with van der Waals surface area (Å²) in [5.74, 6) is 1.23. The van der Waals surface area contributed by atoms with Gasteiger partial charge in [0.2, 0.25) is 0 Å². The maximum atomic E-state index is 11.8. The van der Waals surface area contributed by atoms with Gasteiger partial charge in [0.1, 0.15) is 17.5 Å². The molecule has 0 fully saturated rings. The van der Waals surface area contributed by atoms with Crippen molar-refractivity contribution in [1.82, 2.24) is 9.97 Å². The van der Waals surface area contributed by atoms with Crippen molar-refractivity contribution < 1.29 is 13.2 Å². The summed E-state index contributed by atoms with van der Waals surface area (Å²) in [6, 6.07) is 1.49. The van der Waals surface area contributed by atoms with Gasteiger partial charge in [-0.3, -0.25) is 0 Å². The molecule has 0 saturated carbocycles. The first-order valence-electron chi connectivity index (χ1n) is 4.78. The molecule has 3 N–H and O–H groups in total. The molecule has 0 atom stereocenters. The number of hydrogen-bond acceptors (Lipinski definition) is 4. The van der Waals surface area contributed by atoms with Gasteiger partial charge in [0, 0.05) is 19.0 Å². The van der Waals surface area contributed by atoms with E-state index < -0.39 is 12.6 Å². The minimum atomic E-state index is -4.11. The largest absolute Gasteiger partial charge is 0.389 e. The number of aromatic nitrogens is 2. The third-order valence-electron chi connectivity index (χ3n) is 1.80. The SMILES string of the molecule is Cc1nc(N)cc(NCCCC(F)(F)F)n1. The van der Waals surface area contributed by atoms with E-state index in [0.29, 0.717) is 17.5 Å². The van der Waals surface area contributed by atoms with Crippen molar-refractivity contribution in [2.45, 2.75) is 25.9 Å². The molecule has 16 heavy (non-hydrogen) atoms. The lowest BCUT2D eigenvalue weighted by Gasteiger charge is -2.08. The van der Waals surface area contributed by atoms with E-state index in [2.05, 4.69) is 15.3 Å². The number of nitrogens with two attached hydrogens (primary N) is 1. The second-order valence-electron chi connectivity index (χ2n) is 3.37. The van der Waals surface area contributed by atoms with Crippen LogP contribution in [0.5, 0.6) is 0 Å². The first kappa shape index (κ1) is 12.5. The Bertz CT molecular complexity index is 331. The highest BCUT2D eigenvalue weighted by Gasteiger charge is 2.25. The molecule has 7 heteroatoms. The second kappa shape index (κ2) is 5.00. The van der Waals surface area contributed by atoms with Crippen LogP contribution in [-0.2, 0) is 0 Å². The van der Waals surface area contributed by atoms with Gasteiger partial charge in [-0.05, 0) is 13.3 Å². The van der Waals surface area contributed by atoms with E-state index in [0.717, 1.165) is 0 Å². The molecular formula is C9H13F3N4. The van der Waals surface area contributed by atoms with Gasteiger partial charge in [-0.1, -0.05) is 0 Å². The molecule has 90 valence electrons. The van der Waals surface area contributed by atoms with Crippen LogP contribution in [0.4, 0.5) is 24.8 Å². The summed E-state index contributed by atoms with van der Waals surface area (Å²) in [7, 11) is 0. The molecule has 1 aromatic heterocycles. The molecule has 0 aromatic carbocycles. The molecule has 0 aliphatic carbocycles. The minimum absolute atomic E-state index is 0.00640. The van der Waals surface area contributed by atoms with Gasteiger partial charge < -0.3 is 11.1 Å². The zero-order valence-corrected chi connectivity index (χ0v) is 8.80. The molecule has 0 amide bonds. The monoisotopic (exact) mass is 234 g/mol. The summed E-state index contributed by atoms with van der Waals surface area (Å²) in [5, 5.41) is 2.77. The topological polar surface area (TPSA) is 63.8 Å². The lowest BCUT2D eigenvalue weighted by Crippen LogP contribution is -2.12. The first-order valence-corrected chi connectivity index (χ1v) is 4.78. The van der Waals surface area contributed by atoms with Crippen LogP contribution < -0.4 is 11.1 Å². The summed E-state index contributed by atoms with van der Waals surface area (Å²) in [5.41, 5.74) is 5.46. The number of rotatable bonds is 4. The van der Waals surface area contributed by atoms with Crippen molar-refractivity contribution in [3.05, 3.63) is 11.9 Å². The zero-order valence-electron chi connectivity index (χ0n) is 8.80. The van der Waals surface area contributed by atoms with Crippen LogP contribution >= 0.6 is 0 Å². The van der Waals surface area contributed by atoms with Crippen LogP contribution in [0.3, 0.4) is 0 Å². The highest BCUT2D eigenvalue weighted by Crippen LogP contribution is 2.21. The fourth-order valence-electron chi connectivity index (χ4n) is 1.19. The average Bonchev–Trinajstić information content (AvgIpc) is 2.09. The van der Waals surface area contributed by atoms with E-state index in [4.69, 9.17) is 5.73 Å². The van der Waals surface area contributed by atoms with Crippen LogP contribution in [0.25, 0.3) is 0 Å². The molecule has 0 aliphatic rings. The minimum Gasteiger partial charge on any atom is -0.384 e. The molecule has 1 heterocycles. The number of nitrogens with zero attached hydrogens (tertiary/aromatic N) is 2. The van der Waals surface area contributed by atoms with Gasteiger partial charge >= 0.3 is 6.18 Å². The summed E-state index contributed by atoms with van der Waals surface area (Å²) < 4.78 is 35.5. The molecule has 4 nitrogen and oxygen atoms in total. The molecule has 0 saturated heterocycles. The third-order valence-corrected chi connectivity index (χ3v) is 1.80. The zero-order chi connectivity index (χ0) is 12.2. The van der Waals surface area contributed by atoms with Crippen LogP contribution in [0.15, 0.2) is 6.07 Å². The molecule has 0 aliphatic heterocycles.